The fourth-order valence-electron chi connectivity index (χ4n) is 2.05. The molecular formula is C14H23NO7. The highest BCUT2D eigenvalue weighted by Crippen LogP contribution is 2.28. The van der Waals surface area contributed by atoms with Gasteiger partial charge >= 0.3 is 0 Å². The molecule has 1 aromatic carbocycles. The minimum absolute atomic E-state index is 0.0640. The molecule has 0 heterocycles. The van der Waals surface area contributed by atoms with E-state index in [0.717, 1.165) is 0 Å². The van der Waals surface area contributed by atoms with Gasteiger partial charge in [-0.05, 0) is 13.1 Å². The van der Waals surface area contributed by atoms with Crippen molar-refractivity contribution in [2.24, 2.45) is 0 Å². The third-order valence-electron chi connectivity index (χ3n) is 3.36. The van der Waals surface area contributed by atoms with Crippen molar-refractivity contribution in [3.63, 3.8) is 0 Å². The van der Waals surface area contributed by atoms with Crippen molar-refractivity contribution in [1.82, 2.24) is 4.90 Å². The molecule has 0 aliphatic carbocycles. The zero-order valence-corrected chi connectivity index (χ0v) is 12.2. The van der Waals surface area contributed by atoms with E-state index >= 15 is 0 Å². The first-order chi connectivity index (χ1) is 10.3. The summed E-state index contributed by atoms with van der Waals surface area (Å²) in [6.45, 7) is -0.619. The summed E-state index contributed by atoms with van der Waals surface area (Å²) < 4.78 is 0. The minimum Gasteiger partial charge on any atom is -0.504 e. The Labute approximate surface area is 128 Å². The van der Waals surface area contributed by atoms with Crippen LogP contribution in [0.1, 0.15) is 5.56 Å². The second kappa shape index (κ2) is 8.28. The lowest BCUT2D eigenvalue weighted by Crippen LogP contribution is -2.49. The summed E-state index contributed by atoms with van der Waals surface area (Å²) in [5, 5.41) is 66.1. The predicted octanol–water partition coefficient (Wildman–Crippen LogP) is -2.03. The van der Waals surface area contributed by atoms with E-state index in [-0.39, 0.29) is 24.6 Å². The molecule has 0 fully saturated rings. The molecule has 8 nitrogen and oxygen atoms in total. The highest BCUT2D eigenvalue weighted by Gasteiger charge is 2.30. The molecular weight excluding hydrogens is 294 g/mol. The maximum atomic E-state index is 9.85. The topological polar surface area (TPSA) is 145 Å². The molecule has 4 atom stereocenters. The number of aliphatic hydroxyl groups excluding tert-OH is 5. The molecule has 1 aromatic rings. The van der Waals surface area contributed by atoms with Crippen LogP contribution in [0.2, 0.25) is 0 Å². The summed E-state index contributed by atoms with van der Waals surface area (Å²) in [4.78, 5) is 1.56. The van der Waals surface area contributed by atoms with Crippen LogP contribution in [-0.2, 0) is 6.54 Å². The van der Waals surface area contributed by atoms with Gasteiger partial charge < -0.3 is 35.7 Å². The number of aliphatic hydroxyl groups is 5. The van der Waals surface area contributed by atoms with Gasteiger partial charge in [0.05, 0.1) is 12.7 Å². The summed E-state index contributed by atoms with van der Waals surface area (Å²) in [5.41, 5.74) is 0.431. The van der Waals surface area contributed by atoms with E-state index < -0.39 is 31.0 Å². The van der Waals surface area contributed by atoms with Crippen molar-refractivity contribution in [2.75, 3.05) is 20.2 Å². The Morgan fingerprint density at radius 1 is 1.00 bits per heavy atom. The maximum Gasteiger partial charge on any atom is 0.161 e. The van der Waals surface area contributed by atoms with Crippen molar-refractivity contribution in [3.05, 3.63) is 23.8 Å². The van der Waals surface area contributed by atoms with E-state index in [1.165, 1.54) is 6.07 Å². The molecule has 22 heavy (non-hydrogen) atoms. The summed E-state index contributed by atoms with van der Waals surface area (Å²) in [6.07, 6.45) is -6.24. The van der Waals surface area contributed by atoms with E-state index in [9.17, 15) is 30.6 Å². The van der Waals surface area contributed by atoms with Gasteiger partial charge in [-0.1, -0.05) is 12.1 Å². The van der Waals surface area contributed by atoms with Crippen LogP contribution in [-0.4, -0.2) is 85.3 Å². The van der Waals surface area contributed by atoms with E-state index in [4.69, 9.17) is 5.11 Å². The van der Waals surface area contributed by atoms with Crippen LogP contribution in [0.3, 0.4) is 0 Å². The van der Waals surface area contributed by atoms with Gasteiger partial charge in [-0.15, -0.1) is 0 Å². The number of benzene rings is 1. The van der Waals surface area contributed by atoms with E-state index in [0.29, 0.717) is 5.56 Å². The van der Waals surface area contributed by atoms with E-state index in [1.807, 2.05) is 0 Å². The molecule has 126 valence electrons. The molecule has 0 radical (unpaired) electrons. The van der Waals surface area contributed by atoms with Crippen molar-refractivity contribution in [2.45, 2.75) is 31.0 Å². The maximum absolute atomic E-state index is 9.85. The summed E-state index contributed by atoms with van der Waals surface area (Å²) in [5.74, 6) is -0.520. The number of hydrogen-bond donors (Lipinski definition) is 7. The standard InChI is InChI=1S/C14H23NO7/c1-15(5-8-3-2-4-9(17)12(8)20)6-10(18)13(21)14(22)11(19)7-16/h2-4,10-11,13-14,16-22H,5-7H2,1H3/t10-,11+,13+,14+/m0/s1. The van der Waals surface area contributed by atoms with Gasteiger partial charge in [0.15, 0.2) is 11.5 Å². The smallest absolute Gasteiger partial charge is 0.161 e. The fraction of sp³-hybridized carbons (Fsp3) is 0.571. The monoisotopic (exact) mass is 317 g/mol. The number of likely N-dealkylation sites (N-methyl/N-ethyl adjacent to an activating group) is 1. The lowest BCUT2D eigenvalue weighted by Gasteiger charge is -2.28. The van der Waals surface area contributed by atoms with Crippen molar-refractivity contribution < 1.29 is 35.7 Å². The number of para-hydroxylation sites is 1. The molecule has 7 N–H and O–H groups in total. The Hall–Kier alpha value is -1.42. The first-order valence-corrected chi connectivity index (χ1v) is 6.79. The van der Waals surface area contributed by atoms with Crippen molar-refractivity contribution >= 4 is 0 Å². The minimum atomic E-state index is -1.68. The van der Waals surface area contributed by atoms with Crippen molar-refractivity contribution in [1.29, 1.82) is 0 Å². The van der Waals surface area contributed by atoms with Gasteiger partial charge in [-0.25, -0.2) is 0 Å². The number of aromatic hydroxyl groups is 2. The highest BCUT2D eigenvalue weighted by molar-refractivity contribution is 5.44. The largest absolute Gasteiger partial charge is 0.504 e. The van der Waals surface area contributed by atoms with Crippen LogP contribution in [0, 0.1) is 0 Å². The van der Waals surface area contributed by atoms with Gasteiger partial charge in [0.25, 0.3) is 0 Å². The summed E-state index contributed by atoms with van der Waals surface area (Å²) >= 11 is 0. The molecule has 0 spiro atoms. The SMILES string of the molecule is CN(Cc1cccc(O)c1O)C[C@H](O)[C@@H](O)[C@H](O)[C@H](O)CO. The zero-order chi connectivity index (χ0) is 16.9. The Balaban J connectivity index is 2.60. The summed E-state index contributed by atoms with van der Waals surface area (Å²) in [7, 11) is 1.61. The van der Waals surface area contributed by atoms with Gasteiger partial charge in [-0.2, -0.15) is 0 Å². The van der Waals surface area contributed by atoms with E-state index in [2.05, 4.69) is 0 Å². The van der Waals surface area contributed by atoms with Gasteiger partial charge in [0.1, 0.15) is 18.3 Å². The molecule has 0 saturated carbocycles. The number of nitrogens with zero attached hydrogens (tertiary/aromatic N) is 1. The van der Waals surface area contributed by atoms with Crippen LogP contribution >= 0.6 is 0 Å². The zero-order valence-electron chi connectivity index (χ0n) is 12.2. The molecule has 0 aliphatic rings. The quantitative estimate of drug-likeness (QED) is 0.272. The van der Waals surface area contributed by atoms with Gasteiger partial charge in [0.2, 0.25) is 0 Å². The molecule has 0 saturated heterocycles. The molecule has 0 aromatic heterocycles. The van der Waals surface area contributed by atoms with Crippen LogP contribution in [0.5, 0.6) is 11.5 Å². The van der Waals surface area contributed by atoms with Crippen LogP contribution < -0.4 is 0 Å². The van der Waals surface area contributed by atoms with Gasteiger partial charge in [0, 0.05) is 18.7 Å². The second-order valence-electron chi connectivity index (χ2n) is 5.28. The van der Waals surface area contributed by atoms with Crippen LogP contribution in [0.15, 0.2) is 18.2 Å². The van der Waals surface area contributed by atoms with Crippen LogP contribution in [0.4, 0.5) is 0 Å². The molecule has 8 heteroatoms. The first-order valence-electron chi connectivity index (χ1n) is 6.79. The molecule has 0 amide bonds. The highest BCUT2D eigenvalue weighted by atomic mass is 16.4. The molecule has 0 unspecified atom stereocenters. The number of phenolic OH excluding ortho intramolecular Hbond substituents is 2. The van der Waals surface area contributed by atoms with E-state index in [1.54, 1.807) is 24.1 Å². The Morgan fingerprint density at radius 3 is 2.18 bits per heavy atom. The Bertz CT molecular complexity index is 471. The van der Waals surface area contributed by atoms with Gasteiger partial charge in [-0.3, -0.25) is 4.90 Å². The lowest BCUT2D eigenvalue weighted by atomic mass is 10.0. The number of phenols is 2. The first kappa shape index (κ1) is 18.6. The normalized spacial score (nSPS) is 17.2. The fourth-order valence-corrected chi connectivity index (χ4v) is 2.05. The third kappa shape index (κ3) is 4.80. The second-order valence-corrected chi connectivity index (χ2v) is 5.28. The number of rotatable bonds is 8. The average molecular weight is 317 g/mol. The summed E-state index contributed by atoms with van der Waals surface area (Å²) in [6, 6.07) is 4.49. The predicted molar refractivity (Wildman–Crippen MR) is 77.2 cm³/mol. The van der Waals surface area contributed by atoms with Crippen molar-refractivity contribution in [3.8, 4) is 11.5 Å². The average Bonchev–Trinajstić information content (AvgIpc) is 2.49. The molecule has 0 aliphatic heterocycles. The molecule has 1 rings (SSSR count). The Morgan fingerprint density at radius 2 is 1.59 bits per heavy atom. The number of hydrogen-bond acceptors (Lipinski definition) is 8. The van der Waals surface area contributed by atoms with Crippen LogP contribution in [0.25, 0.3) is 0 Å². The molecule has 0 bridgehead atoms. The lowest BCUT2D eigenvalue weighted by molar-refractivity contribution is -0.118. The Kier molecular flexibility index (Phi) is 7.01. The third-order valence-corrected chi connectivity index (χ3v) is 3.36.